The van der Waals surface area contributed by atoms with Crippen LogP contribution in [0.2, 0.25) is 0 Å². The molecule has 0 saturated heterocycles. The van der Waals surface area contributed by atoms with Crippen LogP contribution in [0.3, 0.4) is 0 Å². The van der Waals surface area contributed by atoms with E-state index in [0.29, 0.717) is 11.1 Å². The Hall–Kier alpha value is -1.83. The summed E-state index contributed by atoms with van der Waals surface area (Å²) in [5.74, 6) is -0.161. The van der Waals surface area contributed by atoms with Gasteiger partial charge in [0.25, 0.3) is 0 Å². The van der Waals surface area contributed by atoms with Crippen molar-refractivity contribution in [2.45, 2.75) is 13.8 Å². The average molecular weight is 217 g/mol. The van der Waals surface area contributed by atoms with Crippen LogP contribution in [-0.2, 0) is 0 Å². The van der Waals surface area contributed by atoms with E-state index in [1.54, 1.807) is 32.0 Å². The minimum Gasteiger partial charge on any atom is -0.507 e. The summed E-state index contributed by atoms with van der Waals surface area (Å²) in [6.07, 6.45) is 0. The first-order valence-corrected chi connectivity index (χ1v) is 5.06. The molecule has 2 rings (SSSR count). The Bertz CT molecular complexity index is 561. The van der Waals surface area contributed by atoms with Gasteiger partial charge in [0.05, 0.1) is 1.37 Å². The molecule has 0 radical (unpaired) electrons. The van der Waals surface area contributed by atoms with Crippen LogP contribution >= 0.6 is 0 Å². The predicted octanol–water partition coefficient (Wildman–Crippen LogP) is 3.82. The molecule has 0 spiro atoms. The van der Waals surface area contributed by atoms with Crippen molar-refractivity contribution in [2.75, 3.05) is 0 Å². The van der Waals surface area contributed by atoms with E-state index in [1.165, 1.54) is 12.1 Å². The van der Waals surface area contributed by atoms with Crippen molar-refractivity contribution in [3.63, 3.8) is 0 Å². The average Bonchev–Trinajstić information content (AvgIpc) is 2.32. The standard InChI is InChI=1S/C14H13FO/c1-9-3-8-13(10(2)14(9)16)11-4-6-12(15)7-5-11/h3-8,16H,1-2H3/i3D. The van der Waals surface area contributed by atoms with Crippen LogP contribution in [-0.4, -0.2) is 5.11 Å². The van der Waals surface area contributed by atoms with E-state index in [4.69, 9.17) is 1.37 Å². The zero-order valence-electron chi connectivity index (χ0n) is 10.2. The van der Waals surface area contributed by atoms with E-state index < -0.39 is 0 Å². The summed E-state index contributed by atoms with van der Waals surface area (Å²) in [4.78, 5) is 0. The van der Waals surface area contributed by atoms with E-state index >= 15 is 0 Å². The Balaban J connectivity index is 2.64. The third kappa shape index (κ3) is 1.78. The molecule has 0 aromatic heterocycles. The summed E-state index contributed by atoms with van der Waals surface area (Å²) in [7, 11) is 0. The third-order valence-electron chi connectivity index (χ3n) is 2.70. The van der Waals surface area contributed by atoms with Crippen LogP contribution in [0.4, 0.5) is 4.39 Å². The van der Waals surface area contributed by atoms with Gasteiger partial charge in [-0.1, -0.05) is 24.2 Å². The first kappa shape index (κ1) is 9.40. The molecule has 0 amide bonds. The minimum absolute atomic E-state index is 0.136. The number of phenols is 1. The number of hydrogen-bond donors (Lipinski definition) is 1. The van der Waals surface area contributed by atoms with Crippen LogP contribution < -0.4 is 0 Å². The van der Waals surface area contributed by atoms with Crippen molar-refractivity contribution in [2.24, 2.45) is 0 Å². The zero-order chi connectivity index (χ0) is 12.6. The molecular weight excluding hydrogens is 203 g/mol. The maximum absolute atomic E-state index is 12.8. The summed E-state index contributed by atoms with van der Waals surface area (Å²) in [6.45, 7) is 3.50. The molecule has 0 bridgehead atoms. The normalized spacial score (nSPS) is 11.3. The largest absolute Gasteiger partial charge is 0.507 e. The highest BCUT2D eigenvalue weighted by molar-refractivity contribution is 5.70. The molecule has 82 valence electrons. The molecule has 0 unspecified atom stereocenters. The van der Waals surface area contributed by atoms with Crippen molar-refractivity contribution in [3.8, 4) is 16.9 Å². The van der Waals surface area contributed by atoms with Crippen molar-refractivity contribution in [1.29, 1.82) is 0 Å². The molecule has 0 saturated carbocycles. The maximum atomic E-state index is 12.8. The fourth-order valence-electron chi connectivity index (χ4n) is 1.70. The Kier molecular flexibility index (Phi) is 2.33. The van der Waals surface area contributed by atoms with Crippen molar-refractivity contribution >= 4 is 0 Å². The van der Waals surface area contributed by atoms with Gasteiger partial charge in [0, 0.05) is 0 Å². The molecule has 2 heteroatoms. The molecule has 0 atom stereocenters. The summed E-state index contributed by atoms with van der Waals surface area (Å²) in [5, 5.41) is 9.89. The van der Waals surface area contributed by atoms with E-state index in [9.17, 15) is 9.50 Å². The second kappa shape index (κ2) is 3.97. The van der Waals surface area contributed by atoms with Crippen LogP contribution in [0, 0.1) is 19.7 Å². The summed E-state index contributed by atoms with van der Waals surface area (Å²) in [6, 6.07) is 8.01. The van der Waals surface area contributed by atoms with Crippen LogP contribution in [0.1, 0.15) is 12.5 Å². The molecule has 1 nitrogen and oxygen atoms in total. The molecule has 0 fully saturated rings. The van der Waals surface area contributed by atoms with E-state index in [-0.39, 0.29) is 17.6 Å². The second-order valence-electron chi connectivity index (χ2n) is 3.81. The summed E-state index contributed by atoms with van der Waals surface area (Å²) >= 11 is 0. The lowest BCUT2D eigenvalue weighted by atomic mass is 9.98. The topological polar surface area (TPSA) is 20.2 Å². The van der Waals surface area contributed by atoms with Crippen LogP contribution in [0.15, 0.2) is 36.4 Å². The lowest BCUT2D eigenvalue weighted by Gasteiger charge is -2.09. The molecule has 0 heterocycles. The highest BCUT2D eigenvalue weighted by atomic mass is 19.1. The fourth-order valence-corrected chi connectivity index (χ4v) is 1.70. The lowest BCUT2D eigenvalue weighted by Crippen LogP contribution is -1.87. The van der Waals surface area contributed by atoms with Gasteiger partial charge in [-0.15, -0.1) is 0 Å². The van der Waals surface area contributed by atoms with Gasteiger partial charge < -0.3 is 5.11 Å². The highest BCUT2D eigenvalue weighted by Crippen LogP contribution is 2.31. The molecule has 0 aliphatic rings. The molecule has 0 aliphatic heterocycles. The second-order valence-corrected chi connectivity index (χ2v) is 3.81. The SMILES string of the molecule is [2H]c1cc(-c2ccc(F)cc2)c(C)c(O)c1C. The smallest absolute Gasteiger partial charge is 0.123 e. The van der Waals surface area contributed by atoms with Gasteiger partial charge in [-0.3, -0.25) is 0 Å². The Morgan fingerprint density at radius 1 is 1.12 bits per heavy atom. The quantitative estimate of drug-likeness (QED) is 0.770. The van der Waals surface area contributed by atoms with Crippen LogP contribution in [0.5, 0.6) is 5.75 Å². The van der Waals surface area contributed by atoms with Gasteiger partial charge >= 0.3 is 0 Å². The van der Waals surface area contributed by atoms with Crippen LogP contribution in [0.25, 0.3) is 11.1 Å². The Morgan fingerprint density at radius 2 is 1.75 bits per heavy atom. The molecule has 2 aromatic rings. The summed E-state index contributed by atoms with van der Waals surface area (Å²) < 4.78 is 20.6. The van der Waals surface area contributed by atoms with Crippen molar-refractivity contribution < 1.29 is 10.9 Å². The monoisotopic (exact) mass is 217 g/mol. The molecular formula is C14H13FO. The van der Waals surface area contributed by atoms with Gasteiger partial charge in [-0.25, -0.2) is 4.39 Å². The van der Waals surface area contributed by atoms with E-state index in [2.05, 4.69) is 0 Å². The van der Waals surface area contributed by atoms with E-state index in [0.717, 1.165) is 11.1 Å². The summed E-state index contributed by atoms with van der Waals surface area (Å²) in [5.41, 5.74) is 2.84. The van der Waals surface area contributed by atoms with Crippen molar-refractivity contribution in [1.82, 2.24) is 0 Å². The minimum atomic E-state index is -0.297. The molecule has 2 aromatic carbocycles. The highest BCUT2D eigenvalue weighted by Gasteiger charge is 2.07. The zero-order valence-corrected chi connectivity index (χ0v) is 9.21. The molecule has 16 heavy (non-hydrogen) atoms. The number of halogens is 1. The first-order chi connectivity index (χ1) is 8.00. The number of hydrogen-bond acceptors (Lipinski definition) is 1. The Labute approximate surface area is 95.6 Å². The van der Waals surface area contributed by atoms with Gasteiger partial charge in [-0.2, -0.15) is 0 Å². The molecule has 1 N–H and O–H groups in total. The number of benzene rings is 2. The predicted molar refractivity (Wildman–Crippen MR) is 63.0 cm³/mol. The number of rotatable bonds is 1. The third-order valence-corrected chi connectivity index (χ3v) is 2.70. The Morgan fingerprint density at radius 3 is 2.38 bits per heavy atom. The number of aromatic hydroxyl groups is 1. The van der Waals surface area contributed by atoms with Gasteiger partial charge in [0.1, 0.15) is 11.6 Å². The van der Waals surface area contributed by atoms with Crippen molar-refractivity contribution in [3.05, 3.63) is 53.3 Å². The number of phenolic OH excluding ortho intramolecular Hbond substituents is 1. The van der Waals surface area contributed by atoms with E-state index in [1.807, 2.05) is 0 Å². The maximum Gasteiger partial charge on any atom is 0.123 e. The lowest BCUT2D eigenvalue weighted by molar-refractivity contribution is 0.467. The fraction of sp³-hybridized carbons (Fsp3) is 0.143. The van der Waals surface area contributed by atoms with Gasteiger partial charge in [0.15, 0.2) is 0 Å². The first-order valence-electron chi connectivity index (χ1n) is 5.56. The van der Waals surface area contributed by atoms with Gasteiger partial charge in [0.2, 0.25) is 0 Å². The molecule has 0 aliphatic carbocycles. The van der Waals surface area contributed by atoms with Gasteiger partial charge in [-0.05, 0) is 48.2 Å².